The molecule has 0 atom stereocenters. The van der Waals surface area contributed by atoms with Gasteiger partial charge in [-0.05, 0) is 45.0 Å². The van der Waals surface area contributed by atoms with Gasteiger partial charge in [0, 0.05) is 10.6 Å². The summed E-state index contributed by atoms with van der Waals surface area (Å²) in [7, 11) is 1.60. The Kier molecular flexibility index (Phi) is 7.24. The van der Waals surface area contributed by atoms with Gasteiger partial charge in [-0.2, -0.15) is 0 Å². The maximum absolute atomic E-state index is 13.6. The molecule has 122 valence electrons. The average Bonchev–Trinajstić information content (AvgIpc) is 2.43. The van der Waals surface area contributed by atoms with Crippen LogP contribution in [0.3, 0.4) is 0 Å². The van der Waals surface area contributed by atoms with Crippen molar-refractivity contribution in [2.75, 3.05) is 19.4 Å². The molecule has 22 heavy (non-hydrogen) atoms. The third-order valence-corrected chi connectivity index (χ3v) is 3.32. The first-order valence-electron chi connectivity index (χ1n) is 6.88. The number of ether oxygens (including phenoxy) is 2. The lowest BCUT2D eigenvalue weighted by atomic mass is 10.2. The number of carbonyl (C=O) groups excluding carboxylic acids is 1. The number of hydrogen-bond donors (Lipinski definition) is 1. The quantitative estimate of drug-likeness (QED) is 0.797. The van der Waals surface area contributed by atoms with Gasteiger partial charge in [0.1, 0.15) is 17.2 Å². The molecular weight excluding hydrogens is 305 g/mol. The lowest BCUT2D eigenvalue weighted by Gasteiger charge is -2.19. The van der Waals surface area contributed by atoms with E-state index in [9.17, 15) is 9.18 Å². The maximum atomic E-state index is 13.6. The summed E-state index contributed by atoms with van der Waals surface area (Å²) in [5, 5.41) is 2.37. The van der Waals surface area contributed by atoms with Crippen LogP contribution < -0.4 is 10.1 Å². The summed E-state index contributed by atoms with van der Waals surface area (Å²) in [6, 6.07) is 7.55. The van der Waals surface area contributed by atoms with Gasteiger partial charge in [0.15, 0.2) is 0 Å². The zero-order valence-electron chi connectivity index (χ0n) is 13.3. The smallest absolute Gasteiger partial charge is 0.408 e. The Morgan fingerprint density at radius 2 is 2.14 bits per heavy atom. The van der Waals surface area contributed by atoms with Crippen molar-refractivity contribution >= 4 is 17.9 Å². The zero-order valence-corrected chi connectivity index (χ0v) is 14.1. The number of hydrogen-bond acceptors (Lipinski definition) is 4. The largest absolute Gasteiger partial charge is 0.497 e. The Balaban J connectivity index is 2.35. The molecule has 0 spiro atoms. The molecule has 1 amide bonds. The van der Waals surface area contributed by atoms with Crippen molar-refractivity contribution in [3.63, 3.8) is 0 Å². The minimum absolute atomic E-state index is 0.173. The number of amides is 1. The predicted molar refractivity (Wildman–Crippen MR) is 87.1 cm³/mol. The molecular formula is C16H22FNO3S. The van der Waals surface area contributed by atoms with E-state index in [-0.39, 0.29) is 6.54 Å². The van der Waals surface area contributed by atoms with Crippen molar-refractivity contribution in [2.45, 2.75) is 31.3 Å². The van der Waals surface area contributed by atoms with Gasteiger partial charge >= 0.3 is 6.09 Å². The first-order chi connectivity index (χ1) is 10.3. The number of halogens is 1. The molecule has 0 saturated heterocycles. The van der Waals surface area contributed by atoms with Gasteiger partial charge in [-0.3, -0.25) is 0 Å². The molecule has 4 nitrogen and oxygen atoms in total. The van der Waals surface area contributed by atoms with Gasteiger partial charge < -0.3 is 14.8 Å². The van der Waals surface area contributed by atoms with Crippen molar-refractivity contribution < 1.29 is 18.7 Å². The minimum Gasteiger partial charge on any atom is -0.497 e. The Hall–Kier alpha value is -1.69. The SMILES string of the molecule is COc1cccc(SC/C=C(\F)CNC(=O)OC(C)(C)C)c1. The van der Waals surface area contributed by atoms with E-state index in [1.54, 1.807) is 27.9 Å². The van der Waals surface area contributed by atoms with E-state index in [0.717, 1.165) is 10.6 Å². The number of methoxy groups -OCH3 is 1. The van der Waals surface area contributed by atoms with Crippen LogP contribution in [-0.2, 0) is 4.74 Å². The second-order valence-electron chi connectivity index (χ2n) is 5.50. The number of carbonyl (C=O) groups is 1. The fourth-order valence-electron chi connectivity index (χ4n) is 1.46. The summed E-state index contributed by atoms with van der Waals surface area (Å²) in [6.45, 7) is 5.09. The van der Waals surface area contributed by atoms with Gasteiger partial charge in [-0.25, -0.2) is 9.18 Å². The fourth-order valence-corrected chi connectivity index (χ4v) is 2.29. The van der Waals surface area contributed by atoms with E-state index in [1.807, 2.05) is 24.3 Å². The van der Waals surface area contributed by atoms with E-state index < -0.39 is 17.5 Å². The minimum atomic E-state index is -0.628. The van der Waals surface area contributed by atoms with Crippen LogP contribution in [0.5, 0.6) is 5.75 Å². The van der Waals surface area contributed by atoms with Crippen LogP contribution in [-0.4, -0.2) is 31.1 Å². The molecule has 0 radical (unpaired) electrons. The first kappa shape index (κ1) is 18.4. The number of rotatable bonds is 6. The summed E-state index contributed by atoms with van der Waals surface area (Å²) in [6.07, 6.45) is 0.804. The molecule has 0 aliphatic rings. The van der Waals surface area contributed by atoms with Crippen LogP contribution in [0, 0.1) is 0 Å². The Morgan fingerprint density at radius 1 is 1.41 bits per heavy atom. The Morgan fingerprint density at radius 3 is 2.77 bits per heavy atom. The van der Waals surface area contributed by atoms with Crippen LogP contribution in [0.2, 0.25) is 0 Å². The highest BCUT2D eigenvalue weighted by molar-refractivity contribution is 7.99. The topological polar surface area (TPSA) is 47.6 Å². The summed E-state index contributed by atoms with van der Waals surface area (Å²) in [5.74, 6) is 0.831. The van der Waals surface area contributed by atoms with Crippen molar-refractivity contribution in [1.29, 1.82) is 0 Å². The lowest BCUT2D eigenvalue weighted by Crippen LogP contribution is -2.33. The third kappa shape index (κ3) is 7.93. The molecule has 1 rings (SSSR count). The van der Waals surface area contributed by atoms with E-state index in [1.165, 1.54) is 17.8 Å². The Bertz CT molecular complexity index is 526. The normalized spacial score (nSPS) is 12.0. The number of benzene rings is 1. The van der Waals surface area contributed by atoms with Crippen LogP contribution in [0.25, 0.3) is 0 Å². The van der Waals surface area contributed by atoms with E-state index in [0.29, 0.717) is 5.75 Å². The molecule has 1 N–H and O–H groups in total. The molecule has 1 aromatic rings. The van der Waals surface area contributed by atoms with Crippen molar-refractivity contribution in [3.8, 4) is 5.75 Å². The van der Waals surface area contributed by atoms with Crippen molar-refractivity contribution in [3.05, 3.63) is 36.2 Å². The summed E-state index contributed by atoms with van der Waals surface area (Å²) in [5.41, 5.74) is -0.591. The van der Waals surface area contributed by atoms with Gasteiger partial charge in [0.25, 0.3) is 0 Å². The maximum Gasteiger partial charge on any atom is 0.408 e. The molecule has 0 aliphatic heterocycles. The van der Waals surface area contributed by atoms with E-state index in [4.69, 9.17) is 9.47 Å². The van der Waals surface area contributed by atoms with Crippen molar-refractivity contribution in [1.82, 2.24) is 5.32 Å². The van der Waals surface area contributed by atoms with Crippen LogP contribution >= 0.6 is 11.8 Å². The lowest BCUT2D eigenvalue weighted by molar-refractivity contribution is 0.0530. The molecule has 0 bridgehead atoms. The van der Waals surface area contributed by atoms with Crippen LogP contribution in [0.15, 0.2) is 41.1 Å². The predicted octanol–water partition coefficient (Wildman–Crippen LogP) is 4.17. The second-order valence-corrected chi connectivity index (χ2v) is 6.59. The van der Waals surface area contributed by atoms with Crippen molar-refractivity contribution in [2.24, 2.45) is 0 Å². The highest BCUT2D eigenvalue weighted by atomic mass is 32.2. The van der Waals surface area contributed by atoms with Gasteiger partial charge in [0.05, 0.1) is 13.7 Å². The summed E-state index contributed by atoms with van der Waals surface area (Å²) < 4.78 is 23.7. The molecule has 0 aliphatic carbocycles. The monoisotopic (exact) mass is 327 g/mol. The van der Waals surface area contributed by atoms with Gasteiger partial charge in [0.2, 0.25) is 0 Å². The standard InChI is InChI=1S/C16H22FNO3S/c1-16(2,3)21-15(19)18-11-12(17)8-9-22-14-7-5-6-13(10-14)20-4/h5-8,10H,9,11H2,1-4H3,(H,18,19)/b12-8-. The average molecular weight is 327 g/mol. The highest BCUT2D eigenvalue weighted by Gasteiger charge is 2.15. The second kappa shape index (κ2) is 8.68. The molecule has 0 aromatic heterocycles. The van der Waals surface area contributed by atoms with E-state index >= 15 is 0 Å². The zero-order chi connectivity index (χ0) is 16.6. The van der Waals surface area contributed by atoms with Gasteiger partial charge in [-0.1, -0.05) is 6.07 Å². The Labute approximate surface area is 135 Å². The van der Waals surface area contributed by atoms with Gasteiger partial charge in [-0.15, -0.1) is 11.8 Å². The molecule has 0 saturated carbocycles. The number of thioether (sulfide) groups is 1. The number of nitrogens with one attached hydrogen (secondary N) is 1. The number of alkyl carbamates (subject to hydrolysis) is 1. The first-order valence-corrected chi connectivity index (χ1v) is 7.87. The molecule has 0 unspecified atom stereocenters. The summed E-state index contributed by atoms with van der Waals surface area (Å²) in [4.78, 5) is 12.4. The van der Waals surface area contributed by atoms with Crippen LogP contribution in [0.4, 0.5) is 9.18 Å². The van der Waals surface area contributed by atoms with Crippen LogP contribution in [0.1, 0.15) is 20.8 Å². The summed E-state index contributed by atoms with van der Waals surface area (Å²) >= 11 is 1.48. The fraction of sp³-hybridized carbons (Fsp3) is 0.438. The van der Waals surface area contributed by atoms with E-state index in [2.05, 4.69) is 5.32 Å². The molecule has 1 aromatic carbocycles. The third-order valence-electron chi connectivity index (χ3n) is 2.40. The highest BCUT2D eigenvalue weighted by Crippen LogP contribution is 2.23. The molecule has 0 heterocycles. The molecule has 0 fully saturated rings. The molecule has 6 heteroatoms.